The van der Waals surface area contributed by atoms with Crippen LogP contribution in [0.15, 0.2) is 50.9 Å². The lowest BCUT2D eigenvalue weighted by atomic mass is 10.1. The summed E-state index contributed by atoms with van der Waals surface area (Å²) >= 11 is 1.14. The van der Waals surface area contributed by atoms with Crippen LogP contribution in [-0.2, 0) is 4.74 Å². The molecule has 0 aliphatic rings. The molecule has 9 nitrogen and oxygen atoms in total. The summed E-state index contributed by atoms with van der Waals surface area (Å²) in [7, 11) is 0.197. The lowest BCUT2D eigenvalue weighted by molar-refractivity contribution is 0.183. The summed E-state index contributed by atoms with van der Waals surface area (Å²) in [5, 5.41) is 4.11. The second kappa shape index (κ2) is 14.1. The highest BCUT2D eigenvalue weighted by molar-refractivity contribution is 8.15. The highest BCUT2D eigenvalue weighted by atomic mass is 32.2. The molecule has 1 amide bonds. The van der Waals surface area contributed by atoms with Gasteiger partial charge in [0.05, 0.1) is 19.9 Å². The summed E-state index contributed by atoms with van der Waals surface area (Å²) in [4.78, 5) is 25.3. The second-order valence-electron chi connectivity index (χ2n) is 10.6. The first-order valence-electron chi connectivity index (χ1n) is 13.6. The quantitative estimate of drug-likeness (QED) is 0.127. The summed E-state index contributed by atoms with van der Waals surface area (Å²) in [6.07, 6.45) is 0.892. The number of amides is 1. The molecule has 1 heterocycles. The van der Waals surface area contributed by atoms with Crippen LogP contribution >= 0.6 is 11.8 Å². The van der Waals surface area contributed by atoms with E-state index >= 15 is 4.39 Å². The Morgan fingerprint density at radius 3 is 2.12 bits per heavy atom. The monoisotopic (exact) mass is 614 g/mol. The zero-order valence-corrected chi connectivity index (χ0v) is 27.6. The molecule has 2 aromatic carbocycles. The maximum Gasteiger partial charge on any atom is 0.434 e. The van der Waals surface area contributed by atoms with Gasteiger partial charge in [0.1, 0.15) is 22.3 Å². The fourth-order valence-electron chi connectivity index (χ4n) is 5.26. The third-order valence-electron chi connectivity index (χ3n) is 7.15. The second-order valence-corrected chi connectivity index (χ2v) is 16.8. The van der Waals surface area contributed by atoms with Crippen LogP contribution in [0.4, 0.5) is 14.9 Å². The zero-order chi connectivity index (χ0) is 31.2. The lowest BCUT2D eigenvalue weighted by Gasteiger charge is -2.42. The third-order valence-corrected chi connectivity index (χ3v) is 13.8. The molecule has 12 heteroatoms. The fourth-order valence-corrected chi connectivity index (χ4v) is 11.0. The molecule has 0 bridgehead atoms. The summed E-state index contributed by atoms with van der Waals surface area (Å²) < 4.78 is 38.8. The molecule has 0 atom stereocenters. The summed E-state index contributed by atoms with van der Waals surface area (Å²) in [5.74, 6) is 0.743. The molecule has 0 fully saturated rings. The average molecular weight is 615 g/mol. The maximum absolute atomic E-state index is 16.6. The van der Waals surface area contributed by atoms with Gasteiger partial charge in [0.15, 0.2) is 5.82 Å². The van der Waals surface area contributed by atoms with E-state index in [0.717, 1.165) is 17.3 Å². The van der Waals surface area contributed by atoms with E-state index in [1.807, 2.05) is 0 Å². The average Bonchev–Trinajstić information content (AvgIpc) is 3.40. The number of hydrogen-bond acceptors (Lipinski definition) is 9. The van der Waals surface area contributed by atoms with Crippen molar-refractivity contribution in [1.29, 1.82) is 0 Å². The van der Waals surface area contributed by atoms with Gasteiger partial charge in [-0.25, -0.2) is 14.2 Å². The minimum atomic E-state index is -2.54. The zero-order valence-electron chi connectivity index (χ0n) is 25.8. The van der Waals surface area contributed by atoms with Crippen molar-refractivity contribution in [3.05, 3.63) is 53.7 Å². The number of hydrogen-bond donors (Lipinski definition) is 0. The molecule has 226 valence electrons. The predicted molar refractivity (Wildman–Crippen MR) is 169 cm³/mol. The summed E-state index contributed by atoms with van der Waals surface area (Å²) in [6, 6.07) is 10.1. The largest absolute Gasteiger partial charge is 0.541 e. The Labute approximate surface area is 252 Å². The van der Waals surface area contributed by atoms with Crippen molar-refractivity contribution < 1.29 is 27.6 Å². The first-order chi connectivity index (χ1) is 19.9. The van der Waals surface area contributed by atoms with Crippen LogP contribution in [0.3, 0.4) is 0 Å². The van der Waals surface area contributed by atoms with Gasteiger partial charge in [0.25, 0.3) is 8.32 Å². The van der Waals surface area contributed by atoms with Gasteiger partial charge in [0, 0.05) is 24.1 Å². The molecule has 0 unspecified atom stereocenters. The van der Waals surface area contributed by atoms with Gasteiger partial charge >= 0.3 is 6.09 Å². The van der Waals surface area contributed by atoms with Crippen molar-refractivity contribution >= 4 is 42.6 Å². The standard InChI is InChI=1S/C30H39FN4O5SSi/c1-17(2)42(18(3)4,19(5)6)40-25-16-23(37-8)15-24(26(25)31)27(29(41-10)34-30(36)38-9)33-22-13-11-21(12-14-22)28-32-20(7)39-35-28/h11-19H,1-10H3. The molecular formula is C30H39FN4O5SSi. The molecule has 0 spiro atoms. The number of benzene rings is 2. The molecule has 3 rings (SSSR count). The van der Waals surface area contributed by atoms with E-state index < -0.39 is 20.2 Å². The predicted octanol–water partition coefficient (Wildman–Crippen LogP) is 8.40. The smallest absolute Gasteiger partial charge is 0.434 e. The van der Waals surface area contributed by atoms with Gasteiger partial charge in [-0.1, -0.05) is 46.7 Å². The molecule has 0 aliphatic carbocycles. The van der Waals surface area contributed by atoms with E-state index in [2.05, 4.69) is 56.7 Å². The number of ether oxygens (including phenoxy) is 2. The van der Waals surface area contributed by atoms with Crippen molar-refractivity contribution in [2.24, 2.45) is 9.98 Å². The van der Waals surface area contributed by atoms with E-state index in [9.17, 15) is 4.79 Å². The van der Waals surface area contributed by atoms with Crippen molar-refractivity contribution in [3.63, 3.8) is 0 Å². The number of thioether (sulfide) groups is 1. The highest BCUT2D eigenvalue weighted by Crippen LogP contribution is 2.44. The van der Waals surface area contributed by atoms with Gasteiger partial charge in [-0.05, 0) is 53.2 Å². The minimum absolute atomic E-state index is 0.0818. The Balaban J connectivity index is 2.26. The van der Waals surface area contributed by atoms with Crippen LogP contribution in [0.2, 0.25) is 16.6 Å². The number of aryl methyl sites for hydroxylation is 1. The SMILES string of the molecule is COC(=O)N=C(SC)C(=Nc1ccc(-c2noc(C)n2)cc1)c1cc(OC)cc(O[Si](C(C)C)(C(C)C)C(C)C)c1F. The number of aromatic nitrogens is 2. The number of carbonyl (C=O) groups excluding carboxylic acids is 1. The number of halogens is 1. The van der Waals surface area contributed by atoms with Crippen molar-refractivity contribution in [2.45, 2.75) is 65.1 Å². The molecule has 42 heavy (non-hydrogen) atoms. The number of aliphatic imine (C=N–C) groups is 2. The van der Waals surface area contributed by atoms with Gasteiger partial charge in [-0.3, -0.25) is 0 Å². The van der Waals surface area contributed by atoms with E-state index in [-0.39, 0.29) is 38.7 Å². The van der Waals surface area contributed by atoms with Crippen molar-refractivity contribution in [2.75, 3.05) is 20.5 Å². The number of methoxy groups -OCH3 is 2. The van der Waals surface area contributed by atoms with Crippen LogP contribution in [0.5, 0.6) is 11.5 Å². The van der Waals surface area contributed by atoms with E-state index in [0.29, 0.717) is 23.2 Å². The molecule has 0 N–H and O–H groups in total. The maximum atomic E-state index is 16.6. The Morgan fingerprint density at radius 2 is 1.64 bits per heavy atom. The Kier molecular flexibility index (Phi) is 11.1. The van der Waals surface area contributed by atoms with Gasteiger partial charge < -0.3 is 18.4 Å². The first kappa shape index (κ1) is 33.0. The summed E-state index contributed by atoms with van der Waals surface area (Å²) in [6.45, 7) is 14.5. The molecular weight excluding hydrogens is 576 g/mol. The topological polar surface area (TPSA) is 108 Å². The van der Waals surface area contributed by atoms with Gasteiger partial charge in [0.2, 0.25) is 11.7 Å². The van der Waals surface area contributed by atoms with Gasteiger partial charge in [-0.2, -0.15) is 9.98 Å². The molecule has 0 saturated carbocycles. The molecule has 0 aliphatic heterocycles. The van der Waals surface area contributed by atoms with Gasteiger partial charge in [-0.15, -0.1) is 11.8 Å². The number of nitrogens with zero attached hydrogens (tertiary/aromatic N) is 4. The molecule has 0 saturated heterocycles. The fraction of sp³-hybridized carbons (Fsp3) is 0.433. The first-order valence-corrected chi connectivity index (χ1v) is 17.0. The lowest BCUT2D eigenvalue weighted by Crippen LogP contribution is -2.51. The van der Waals surface area contributed by atoms with E-state index in [1.165, 1.54) is 20.3 Å². The summed E-state index contributed by atoms with van der Waals surface area (Å²) in [5.41, 5.74) is 2.06. The van der Waals surface area contributed by atoms with Crippen molar-refractivity contribution in [3.8, 4) is 22.9 Å². The third kappa shape index (κ3) is 7.09. The highest BCUT2D eigenvalue weighted by Gasteiger charge is 2.47. The van der Waals surface area contributed by atoms with Crippen LogP contribution in [0.25, 0.3) is 11.4 Å². The van der Waals surface area contributed by atoms with E-state index in [4.69, 9.17) is 23.4 Å². The van der Waals surface area contributed by atoms with E-state index in [1.54, 1.807) is 43.5 Å². The van der Waals surface area contributed by atoms with Crippen molar-refractivity contribution in [1.82, 2.24) is 10.1 Å². The molecule has 3 aromatic rings. The van der Waals surface area contributed by atoms with Crippen LogP contribution in [0.1, 0.15) is 53.0 Å². The Hall–Kier alpha value is -3.51. The Bertz CT molecular complexity index is 1430. The van der Waals surface area contributed by atoms with Crippen LogP contribution < -0.4 is 9.16 Å². The number of rotatable bonds is 10. The normalized spacial score (nSPS) is 12.8. The van der Waals surface area contributed by atoms with Crippen LogP contribution in [0, 0.1) is 12.7 Å². The van der Waals surface area contributed by atoms with Crippen LogP contribution in [-0.4, -0.2) is 55.8 Å². The minimum Gasteiger partial charge on any atom is -0.541 e. The molecule has 1 aromatic heterocycles. The number of carbonyl (C=O) groups is 1. The molecule has 0 radical (unpaired) electrons. The Morgan fingerprint density at radius 1 is 1.02 bits per heavy atom.